The van der Waals surface area contributed by atoms with Gasteiger partial charge in [-0.3, -0.25) is 0 Å². The molecule has 2 aromatic rings. The lowest BCUT2D eigenvalue weighted by Gasteiger charge is -2.17. The van der Waals surface area contributed by atoms with Crippen LogP contribution in [0.1, 0.15) is 35.1 Å². The van der Waals surface area contributed by atoms with E-state index in [1.165, 1.54) is 24.0 Å². The van der Waals surface area contributed by atoms with Crippen LogP contribution in [0.5, 0.6) is 0 Å². The van der Waals surface area contributed by atoms with Crippen LogP contribution in [0.2, 0.25) is 0 Å². The minimum Gasteiger partial charge on any atom is -0.382 e. The number of rotatable bonds is 6. The molecular formula is C21H24N2. The summed E-state index contributed by atoms with van der Waals surface area (Å²) in [7, 11) is 0. The van der Waals surface area contributed by atoms with Gasteiger partial charge >= 0.3 is 0 Å². The Morgan fingerprint density at radius 1 is 0.957 bits per heavy atom. The van der Waals surface area contributed by atoms with Gasteiger partial charge in [-0.05, 0) is 55.5 Å². The zero-order valence-corrected chi connectivity index (χ0v) is 13.9. The number of para-hydroxylation sites is 1. The highest BCUT2D eigenvalue weighted by atomic mass is 15.0. The molecule has 0 radical (unpaired) electrons. The van der Waals surface area contributed by atoms with Gasteiger partial charge in [0.15, 0.2) is 0 Å². The standard InChI is InChI=1S/C21H24N2/c1-14-9-10-18(13-15(14)2)16(3)23-21-8-6-5-7-20(21)17(4)22-19-11-12-19/h5-10,13,19,22-23H,3-4,11-12H2,1-2H3. The fourth-order valence-electron chi connectivity index (χ4n) is 2.57. The summed E-state index contributed by atoms with van der Waals surface area (Å²) < 4.78 is 0. The fourth-order valence-corrected chi connectivity index (χ4v) is 2.57. The maximum Gasteiger partial charge on any atom is 0.0478 e. The van der Waals surface area contributed by atoms with E-state index in [4.69, 9.17) is 0 Å². The molecule has 118 valence electrons. The highest BCUT2D eigenvalue weighted by Crippen LogP contribution is 2.28. The molecule has 0 aliphatic heterocycles. The maximum atomic E-state index is 4.20. The molecule has 0 bridgehead atoms. The molecule has 2 N–H and O–H groups in total. The minimum absolute atomic E-state index is 0.596. The van der Waals surface area contributed by atoms with E-state index in [0.29, 0.717) is 6.04 Å². The lowest BCUT2D eigenvalue weighted by molar-refractivity contribution is 0.885. The van der Waals surface area contributed by atoms with Gasteiger partial charge in [-0.1, -0.05) is 43.5 Å². The van der Waals surface area contributed by atoms with Crippen molar-refractivity contribution < 1.29 is 0 Å². The monoisotopic (exact) mass is 304 g/mol. The number of hydrogen-bond donors (Lipinski definition) is 2. The molecule has 2 heteroatoms. The molecule has 0 spiro atoms. The summed E-state index contributed by atoms with van der Waals surface area (Å²) >= 11 is 0. The van der Waals surface area contributed by atoms with E-state index >= 15 is 0 Å². The number of benzene rings is 2. The molecule has 2 aromatic carbocycles. The van der Waals surface area contributed by atoms with E-state index < -0.39 is 0 Å². The second-order valence-electron chi connectivity index (χ2n) is 6.35. The molecule has 2 nitrogen and oxygen atoms in total. The number of nitrogens with one attached hydrogen (secondary N) is 2. The number of hydrogen-bond acceptors (Lipinski definition) is 2. The maximum absolute atomic E-state index is 4.20. The normalized spacial score (nSPS) is 13.5. The third-order valence-electron chi connectivity index (χ3n) is 4.35. The SMILES string of the molecule is C=C(Nc1ccccc1C(=C)NC1CC1)c1ccc(C)c(C)c1. The van der Waals surface area contributed by atoms with Crippen LogP contribution in [0.15, 0.2) is 55.6 Å². The van der Waals surface area contributed by atoms with Crippen molar-refractivity contribution >= 4 is 17.1 Å². The highest BCUT2D eigenvalue weighted by Gasteiger charge is 2.22. The Morgan fingerprint density at radius 2 is 1.70 bits per heavy atom. The first-order valence-corrected chi connectivity index (χ1v) is 8.13. The van der Waals surface area contributed by atoms with Crippen molar-refractivity contribution in [3.8, 4) is 0 Å². The average molecular weight is 304 g/mol. The quantitative estimate of drug-likeness (QED) is 0.775. The van der Waals surface area contributed by atoms with Crippen molar-refractivity contribution in [1.29, 1.82) is 0 Å². The van der Waals surface area contributed by atoms with Gasteiger partial charge in [-0.15, -0.1) is 0 Å². The molecule has 1 aliphatic rings. The second kappa shape index (κ2) is 6.33. The predicted molar refractivity (Wildman–Crippen MR) is 100 cm³/mol. The molecule has 0 amide bonds. The van der Waals surface area contributed by atoms with Gasteiger partial charge in [0.05, 0.1) is 0 Å². The van der Waals surface area contributed by atoms with E-state index in [-0.39, 0.29) is 0 Å². The number of aryl methyl sites for hydroxylation is 2. The van der Waals surface area contributed by atoms with Crippen LogP contribution in [-0.2, 0) is 0 Å². The first-order chi connectivity index (χ1) is 11.0. The summed E-state index contributed by atoms with van der Waals surface area (Å²) in [6, 6.07) is 15.2. The van der Waals surface area contributed by atoms with Gasteiger partial charge in [0.1, 0.15) is 0 Å². The van der Waals surface area contributed by atoms with Crippen molar-refractivity contribution in [1.82, 2.24) is 5.32 Å². The first-order valence-electron chi connectivity index (χ1n) is 8.13. The molecule has 1 fully saturated rings. The Bertz CT molecular complexity index is 754. The third-order valence-corrected chi connectivity index (χ3v) is 4.35. The molecule has 1 saturated carbocycles. The molecule has 23 heavy (non-hydrogen) atoms. The number of anilines is 1. The van der Waals surface area contributed by atoms with Crippen LogP contribution in [0, 0.1) is 13.8 Å². The Labute approximate surface area is 138 Å². The topological polar surface area (TPSA) is 24.1 Å². The molecule has 0 unspecified atom stereocenters. The van der Waals surface area contributed by atoms with Crippen LogP contribution in [0.25, 0.3) is 11.4 Å². The van der Waals surface area contributed by atoms with Gasteiger partial charge in [-0.2, -0.15) is 0 Å². The van der Waals surface area contributed by atoms with Crippen LogP contribution < -0.4 is 10.6 Å². The molecule has 0 aromatic heterocycles. The van der Waals surface area contributed by atoms with Gasteiger partial charge in [0, 0.05) is 28.7 Å². The molecular weight excluding hydrogens is 280 g/mol. The van der Waals surface area contributed by atoms with Crippen molar-refractivity contribution in [3.05, 3.63) is 77.9 Å². The smallest absolute Gasteiger partial charge is 0.0478 e. The van der Waals surface area contributed by atoms with Gasteiger partial charge < -0.3 is 10.6 Å². The van der Waals surface area contributed by atoms with Gasteiger partial charge in [-0.25, -0.2) is 0 Å². The highest BCUT2D eigenvalue weighted by molar-refractivity contribution is 5.83. The molecule has 0 heterocycles. The van der Waals surface area contributed by atoms with Crippen molar-refractivity contribution in [2.75, 3.05) is 5.32 Å². The molecule has 0 saturated heterocycles. The third kappa shape index (κ3) is 3.65. The van der Waals surface area contributed by atoms with E-state index in [0.717, 1.165) is 28.2 Å². The zero-order valence-electron chi connectivity index (χ0n) is 13.9. The summed E-state index contributed by atoms with van der Waals surface area (Å²) in [5.74, 6) is 0. The van der Waals surface area contributed by atoms with Crippen LogP contribution >= 0.6 is 0 Å². The van der Waals surface area contributed by atoms with Gasteiger partial charge in [0.25, 0.3) is 0 Å². The Balaban J connectivity index is 1.80. The Kier molecular flexibility index (Phi) is 4.24. The molecule has 3 rings (SSSR count). The van der Waals surface area contributed by atoms with Crippen LogP contribution in [0.3, 0.4) is 0 Å². The summed E-state index contributed by atoms with van der Waals surface area (Å²) in [4.78, 5) is 0. The zero-order chi connectivity index (χ0) is 16.4. The van der Waals surface area contributed by atoms with E-state index in [9.17, 15) is 0 Å². The van der Waals surface area contributed by atoms with Gasteiger partial charge in [0.2, 0.25) is 0 Å². The lowest BCUT2D eigenvalue weighted by atomic mass is 10.0. The van der Waals surface area contributed by atoms with E-state index in [2.05, 4.69) is 68.0 Å². The van der Waals surface area contributed by atoms with Crippen molar-refractivity contribution in [2.24, 2.45) is 0 Å². The molecule has 0 atom stereocenters. The van der Waals surface area contributed by atoms with Crippen molar-refractivity contribution in [2.45, 2.75) is 32.7 Å². The Morgan fingerprint density at radius 3 is 2.39 bits per heavy atom. The largest absolute Gasteiger partial charge is 0.382 e. The van der Waals surface area contributed by atoms with E-state index in [1.807, 2.05) is 12.1 Å². The van der Waals surface area contributed by atoms with Crippen LogP contribution in [0.4, 0.5) is 5.69 Å². The minimum atomic E-state index is 0.596. The average Bonchev–Trinajstić information content (AvgIpc) is 3.34. The van der Waals surface area contributed by atoms with E-state index in [1.54, 1.807) is 0 Å². The van der Waals surface area contributed by atoms with Crippen molar-refractivity contribution in [3.63, 3.8) is 0 Å². The Hall–Kier alpha value is -2.48. The first kappa shape index (κ1) is 15.4. The predicted octanol–water partition coefficient (Wildman–Crippen LogP) is 5.11. The second-order valence-corrected chi connectivity index (χ2v) is 6.35. The summed E-state index contributed by atoms with van der Waals surface area (Å²) in [6.07, 6.45) is 2.48. The summed E-state index contributed by atoms with van der Waals surface area (Å²) in [5.41, 5.74) is 7.70. The molecule has 1 aliphatic carbocycles. The fraction of sp³-hybridized carbons (Fsp3) is 0.238. The summed E-state index contributed by atoms with van der Waals surface area (Å²) in [5, 5.41) is 6.93. The van der Waals surface area contributed by atoms with Crippen LogP contribution in [-0.4, -0.2) is 6.04 Å². The summed E-state index contributed by atoms with van der Waals surface area (Å²) in [6.45, 7) is 12.6. The lowest BCUT2D eigenvalue weighted by Crippen LogP contribution is -2.14.